The molecule has 0 radical (unpaired) electrons. The average Bonchev–Trinajstić information content (AvgIpc) is 2.86. The van der Waals surface area contributed by atoms with E-state index in [4.69, 9.17) is 19.9 Å². The molecule has 7 nitrogen and oxygen atoms in total. The Morgan fingerprint density at radius 1 is 0.667 bits per heavy atom. The van der Waals surface area contributed by atoms with E-state index in [9.17, 15) is 0 Å². The molecule has 0 amide bonds. The summed E-state index contributed by atoms with van der Waals surface area (Å²) < 4.78 is 18.0. The molecule has 0 spiro atoms. The van der Waals surface area contributed by atoms with Crippen LogP contribution in [0.15, 0.2) is 0 Å². The first-order valence-electron chi connectivity index (χ1n) is 13.8. The van der Waals surface area contributed by atoms with E-state index < -0.39 is 0 Å². The lowest BCUT2D eigenvalue weighted by molar-refractivity contribution is -0.0912. The van der Waals surface area contributed by atoms with Gasteiger partial charge in [-0.15, -0.1) is 0 Å². The maximum atomic E-state index is 7.23. The third kappa shape index (κ3) is 8.71. The van der Waals surface area contributed by atoms with Crippen LogP contribution in [0.4, 0.5) is 0 Å². The Morgan fingerprint density at radius 2 is 1.06 bits per heavy atom. The van der Waals surface area contributed by atoms with Gasteiger partial charge in [0.15, 0.2) is 0 Å². The minimum Gasteiger partial charge on any atom is -0.379 e. The van der Waals surface area contributed by atoms with Crippen LogP contribution in [-0.2, 0) is 14.2 Å². The summed E-state index contributed by atoms with van der Waals surface area (Å²) in [5.74, 6) is 0. The number of nitrogens with zero attached hydrogens (tertiary/aromatic N) is 3. The molecule has 0 saturated carbocycles. The fourth-order valence-electron chi connectivity index (χ4n) is 5.53. The Balaban J connectivity index is 1.59. The molecule has 0 aromatic heterocycles. The van der Waals surface area contributed by atoms with E-state index in [-0.39, 0.29) is 5.54 Å². The van der Waals surface area contributed by atoms with Gasteiger partial charge in [-0.05, 0) is 38.5 Å². The molecular formula is C26H52N4O3. The van der Waals surface area contributed by atoms with Crippen LogP contribution in [0, 0.1) is 0 Å². The van der Waals surface area contributed by atoms with Crippen LogP contribution in [0.2, 0.25) is 0 Å². The molecule has 0 bridgehead atoms. The number of hydrogen-bond donors (Lipinski definition) is 1. The zero-order valence-electron chi connectivity index (χ0n) is 22.0. The topological polar surface area (TPSA) is 63.4 Å². The van der Waals surface area contributed by atoms with Crippen molar-refractivity contribution in [1.29, 1.82) is 0 Å². The van der Waals surface area contributed by atoms with E-state index in [1.165, 1.54) is 0 Å². The van der Waals surface area contributed by atoms with Crippen molar-refractivity contribution in [1.82, 2.24) is 14.7 Å². The minimum absolute atomic E-state index is 0.180. The van der Waals surface area contributed by atoms with Crippen molar-refractivity contribution in [3.05, 3.63) is 0 Å². The molecule has 4 unspecified atom stereocenters. The summed E-state index contributed by atoms with van der Waals surface area (Å²) in [5, 5.41) is 0. The molecule has 3 saturated heterocycles. The summed E-state index contributed by atoms with van der Waals surface area (Å²) in [5.41, 5.74) is 7.05. The summed E-state index contributed by atoms with van der Waals surface area (Å²) in [6.45, 7) is 19.9. The second kappa shape index (κ2) is 13.7. The SMILES string of the molecule is CCC1CN(CCC(N)(CCN2CC(CC)OC(CC)C2)CN2CCOCC2)CC(CC)O1. The first-order chi connectivity index (χ1) is 16.0. The molecule has 0 aliphatic carbocycles. The maximum absolute atomic E-state index is 7.23. The highest BCUT2D eigenvalue weighted by atomic mass is 16.5. The van der Waals surface area contributed by atoms with Gasteiger partial charge in [-0.25, -0.2) is 0 Å². The second-order valence-electron chi connectivity index (χ2n) is 10.7. The van der Waals surface area contributed by atoms with Gasteiger partial charge in [0.25, 0.3) is 0 Å². The van der Waals surface area contributed by atoms with Crippen LogP contribution in [0.3, 0.4) is 0 Å². The first kappa shape index (κ1) is 27.3. The van der Waals surface area contributed by atoms with E-state index in [0.717, 1.165) is 111 Å². The van der Waals surface area contributed by atoms with E-state index in [2.05, 4.69) is 42.4 Å². The van der Waals surface area contributed by atoms with Gasteiger partial charge < -0.3 is 19.9 Å². The van der Waals surface area contributed by atoms with Crippen molar-refractivity contribution in [2.24, 2.45) is 5.73 Å². The lowest BCUT2D eigenvalue weighted by Gasteiger charge is -2.43. The van der Waals surface area contributed by atoms with E-state index in [1.54, 1.807) is 0 Å². The predicted octanol–water partition coefficient (Wildman–Crippen LogP) is 2.58. The zero-order chi connectivity index (χ0) is 23.7. The molecule has 0 aromatic carbocycles. The van der Waals surface area contributed by atoms with Gasteiger partial charge in [0, 0.05) is 64.4 Å². The molecule has 7 heteroatoms. The van der Waals surface area contributed by atoms with Gasteiger partial charge in [-0.3, -0.25) is 14.7 Å². The Kier molecular flexibility index (Phi) is 11.3. The van der Waals surface area contributed by atoms with Crippen molar-refractivity contribution in [3.8, 4) is 0 Å². The van der Waals surface area contributed by atoms with Gasteiger partial charge in [-0.2, -0.15) is 0 Å². The van der Waals surface area contributed by atoms with Crippen molar-refractivity contribution in [2.75, 3.05) is 72.1 Å². The lowest BCUT2D eigenvalue weighted by atomic mass is 9.90. The van der Waals surface area contributed by atoms with Crippen molar-refractivity contribution >= 4 is 0 Å². The quantitative estimate of drug-likeness (QED) is 0.472. The minimum atomic E-state index is -0.180. The highest BCUT2D eigenvalue weighted by Gasteiger charge is 2.33. The monoisotopic (exact) mass is 468 g/mol. The summed E-state index contributed by atoms with van der Waals surface area (Å²) in [4.78, 5) is 7.75. The van der Waals surface area contributed by atoms with Crippen LogP contribution in [0.5, 0.6) is 0 Å². The molecule has 194 valence electrons. The predicted molar refractivity (Wildman–Crippen MR) is 135 cm³/mol. The van der Waals surface area contributed by atoms with Gasteiger partial charge in [0.2, 0.25) is 0 Å². The zero-order valence-corrected chi connectivity index (χ0v) is 22.0. The summed E-state index contributed by atoms with van der Waals surface area (Å²) in [6.07, 6.45) is 7.87. The van der Waals surface area contributed by atoms with Crippen LogP contribution in [-0.4, -0.2) is 117 Å². The van der Waals surface area contributed by atoms with Gasteiger partial charge in [-0.1, -0.05) is 27.7 Å². The molecule has 3 heterocycles. The van der Waals surface area contributed by atoms with E-state index in [1.807, 2.05) is 0 Å². The highest BCUT2D eigenvalue weighted by Crippen LogP contribution is 2.23. The Labute approximate surface area is 203 Å². The van der Waals surface area contributed by atoms with Crippen LogP contribution in [0.1, 0.15) is 66.2 Å². The standard InChI is InChI=1S/C26H52N4O3/c1-5-22-17-29(18-23(6-2)32-22)11-9-26(27,21-28-13-15-31-16-14-28)10-12-30-19-24(7-3)33-25(8-4)20-30/h22-25H,5-21,27H2,1-4H3. The maximum Gasteiger partial charge on any atom is 0.0703 e. The fourth-order valence-corrected chi connectivity index (χ4v) is 5.53. The molecule has 3 rings (SSSR count). The van der Waals surface area contributed by atoms with Crippen LogP contribution < -0.4 is 5.73 Å². The molecule has 4 atom stereocenters. The molecule has 3 aliphatic heterocycles. The molecule has 2 N–H and O–H groups in total. The second-order valence-corrected chi connectivity index (χ2v) is 10.7. The van der Waals surface area contributed by atoms with Gasteiger partial charge >= 0.3 is 0 Å². The van der Waals surface area contributed by atoms with E-state index >= 15 is 0 Å². The summed E-state index contributed by atoms with van der Waals surface area (Å²) in [6, 6.07) is 0. The normalized spacial score (nSPS) is 32.6. The third-order valence-corrected chi connectivity index (χ3v) is 7.93. The van der Waals surface area contributed by atoms with Crippen LogP contribution in [0.25, 0.3) is 0 Å². The molecule has 3 fully saturated rings. The van der Waals surface area contributed by atoms with Gasteiger partial charge in [0.05, 0.1) is 37.6 Å². The lowest BCUT2D eigenvalue weighted by Crippen LogP contribution is -2.57. The Morgan fingerprint density at radius 3 is 1.42 bits per heavy atom. The van der Waals surface area contributed by atoms with Crippen LogP contribution >= 0.6 is 0 Å². The average molecular weight is 469 g/mol. The van der Waals surface area contributed by atoms with Crippen molar-refractivity contribution in [2.45, 2.75) is 96.2 Å². The molecule has 33 heavy (non-hydrogen) atoms. The summed E-state index contributed by atoms with van der Waals surface area (Å²) in [7, 11) is 0. The van der Waals surface area contributed by atoms with Crippen molar-refractivity contribution in [3.63, 3.8) is 0 Å². The largest absolute Gasteiger partial charge is 0.379 e. The number of rotatable bonds is 12. The molecular weight excluding hydrogens is 416 g/mol. The third-order valence-electron chi connectivity index (χ3n) is 7.93. The number of hydrogen-bond acceptors (Lipinski definition) is 7. The number of ether oxygens (including phenoxy) is 3. The Hall–Kier alpha value is -0.280. The number of morpholine rings is 3. The van der Waals surface area contributed by atoms with Gasteiger partial charge in [0.1, 0.15) is 0 Å². The summed E-state index contributed by atoms with van der Waals surface area (Å²) >= 11 is 0. The molecule has 3 aliphatic rings. The molecule has 0 aromatic rings. The van der Waals surface area contributed by atoms with Crippen molar-refractivity contribution < 1.29 is 14.2 Å². The number of nitrogens with two attached hydrogens (primary N) is 1. The fraction of sp³-hybridized carbons (Fsp3) is 1.00. The first-order valence-corrected chi connectivity index (χ1v) is 13.8. The smallest absolute Gasteiger partial charge is 0.0703 e. The van der Waals surface area contributed by atoms with E-state index in [0.29, 0.717) is 24.4 Å². The Bertz CT molecular complexity index is 488. The highest BCUT2D eigenvalue weighted by molar-refractivity contribution is 4.92.